The monoisotopic (exact) mass is 452 g/mol. The Morgan fingerprint density at radius 1 is 1.28 bits per heavy atom. The highest BCUT2D eigenvalue weighted by atomic mass is 32.1. The number of piperidine rings is 1. The fourth-order valence-electron chi connectivity index (χ4n) is 4.12. The van der Waals surface area contributed by atoms with Crippen LogP contribution in [0.5, 0.6) is 0 Å². The minimum atomic E-state index is -0.0280. The fraction of sp³-hybridized carbons (Fsp3) is 0.480. The van der Waals surface area contributed by atoms with E-state index in [1.807, 2.05) is 17.5 Å². The van der Waals surface area contributed by atoms with Crippen molar-refractivity contribution in [3.8, 4) is 10.7 Å². The van der Waals surface area contributed by atoms with E-state index in [2.05, 4.69) is 72.3 Å². The van der Waals surface area contributed by atoms with E-state index in [1.54, 1.807) is 11.3 Å². The van der Waals surface area contributed by atoms with E-state index in [9.17, 15) is 4.79 Å². The number of nitrogens with zero attached hydrogens (tertiary/aromatic N) is 3. The molecule has 2 unspecified atom stereocenters. The Bertz CT molecular complexity index is 1020. The number of carbonyl (C=O) groups is 1. The van der Waals surface area contributed by atoms with Crippen molar-refractivity contribution in [1.29, 1.82) is 0 Å². The van der Waals surface area contributed by atoms with Crippen LogP contribution in [0.15, 0.2) is 46.3 Å². The van der Waals surface area contributed by atoms with Crippen molar-refractivity contribution in [3.05, 3.63) is 58.8 Å². The summed E-state index contributed by atoms with van der Waals surface area (Å²) in [4.78, 5) is 20.7. The zero-order valence-electron chi connectivity index (χ0n) is 19.3. The third-order valence-corrected chi connectivity index (χ3v) is 6.95. The summed E-state index contributed by atoms with van der Waals surface area (Å²) >= 11 is 1.59. The molecule has 0 spiro atoms. The molecular formula is C25H32N4O2S. The van der Waals surface area contributed by atoms with Crippen LogP contribution in [0.2, 0.25) is 0 Å². The van der Waals surface area contributed by atoms with Gasteiger partial charge in [-0.1, -0.05) is 56.3 Å². The minimum absolute atomic E-state index is 0.0174. The van der Waals surface area contributed by atoms with E-state index in [4.69, 9.17) is 4.52 Å². The average Bonchev–Trinajstić information content (AvgIpc) is 3.45. The van der Waals surface area contributed by atoms with Gasteiger partial charge in [0.2, 0.25) is 17.6 Å². The van der Waals surface area contributed by atoms with Gasteiger partial charge in [-0.25, -0.2) is 0 Å². The maximum Gasteiger partial charge on any atom is 0.241 e. The Balaban J connectivity index is 1.32. The lowest BCUT2D eigenvalue weighted by molar-refractivity contribution is -0.127. The zero-order valence-corrected chi connectivity index (χ0v) is 20.1. The largest absolute Gasteiger partial charge is 0.349 e. The van der Waals surface area contributed by atoms with E-state index < -0.39 is 0 Å². The number of nitrogens with one attached hydrogen (secondary N) is 1. The van der Waals surface area contributed by atoms with Crippen molar-refractivity contribution in [3.63, 3.8) is 0 Å². The highest BCUT2D eigenvalue weighted by molar-refractivity contribution is 7.13. The van der Waals surface area contributed by atoms with Crippen LogP contribution in [-0.4, -0.2) is 34.0 Å². The Morgan fingerprint density at radius 2 is 2.06 bits per heavy atom. The molecule has 2 atom stereocenters. The van der Waals surface area contributed by atoms with Crippen molar-refractivity contribution in [2.75, 3.05) is 13.1 Å². The average molecular weight is 453 g/mol. The van der Waals surface area contributed by atoms with Crippen LogP contribution >= 0.6 is 11.3 Å². The van der Waals surface area contributed by atoms with Gasteiger partial charge < -0.3 is 9.84 Å². The second-order valence-corrected chi connectivity index (χ2v) is 10.6. The summed E-state index contributed by atoms with van der Waals surface area (Å²) in [6, 6.07) is 12.5. The molecule has 2 aromatic heterocycles. The minimum Gasteiger partial charge on any atom is -0.349 e. The van der Waals surface area contributed by atoms with Crippen molar-refractivity contribution in [2.45, 2.75) is 58.5 Å². The van der Waals surface area contributed by atoms with E-state index in [-0.39, 0.29) is 23.3 Å². The molecule has 3 aromatic rings. The summed E-state index contributed by atoms with van der Waals surface area (Å²) in [5.41, 5.74) is 2.55. The van der Waals surface area contributed by atoms with Crippen LogP contribution < -0.4 is 5.32 Å². The fourth-order valence-corrected chi connectivity index (χ4v) is 4.76. The van der Waals surface area contributed by atoms with Crippen molar-refractivity contribution < 1.29 is 9.32 Å². The van der Waals surface area contributed by atoms with Crippen molar-refractivity contribution in [2.24, 2.45) is 5.92 Å². The number of amides is 1. The number of rotatable bonds is 6. The molecule has 1 aliphatic heterocycles. The van der Waals surface area contributed by atoms with Crippen LogP contribution in [0, 0.1) is 5.92 Å². The van der Waals surface area contributed by atoms with Crippen molar-refractivity contribution >= 4 is 17.2 Å². The molecule has 0 aliphatic carbocycles. The number of benzene rings is 1. The Hall–Kier alpha value is -2.51. The molecule has 0 bridgehead atoms. The van der Waals surface area contributed by atoms with Crippen LogP contribution in [-0.2, 0) is 16.8 Å². The molecule has 1 fully saturated rings. The number of aromatic nitrogens is 2. The maximum absolute atomic E-state index is 13.0. The molecule has 0 radical (unpaired) electrons. The van der Waals surface area contributed by atoms with E-state index in [0.717, 1.165) is 29.8 Å². The molecule has 0 saturated carbocycles. The number of likely N-dealkylation sites (tertiary alicyclic amines) is 1. The second kappa shape index (κ2) is 9.55. The van der Waals surface area contributed by atoms with Crippen LogP contribution in [0.4, 0.5) is 0 Å². The Labute approximate surface area is 194 Å². The van der Waals surface area contributed by atoms with E-state index in [1.165, 1.54) is 5.56 Å². The summed E-state index contributed by atoms with van der Waals surface area (Å²) in [6.45, 7) is 10.9. The van der Waals surface area contributed by atoms with Gasteiger partial charge >= 0.3 is 0 Å². The second-order valence-electron chi connectivity index (χ2n) is 9.67. The summed E-state index contributed by atoms with van der Waals surface area (Å²) < 4.78 is 5.45. The first kappa shape index (κ1) is 22.7. The Kier molecular flexibility index (Phi) is 6.76. The first-order valence-corrected chi connectivity index (χ1v) is 12.2. The van der Waals surface area contributed by atoms with Gasteiger partial charge in [-0.05, 0) is 54.3 Å². The molecule has 4 rings (SSSR count). The van der Waals surface area contributed by atoms with Gasteiger partial charge in [0.1, 0.15) is 0 Å². The molecule has 6 nitrogen and oxygen atoms in total. The molecule has 1 saturated heterocycles. The summed E-state index contributed by atoms with van der Waals surface area (Å²) in [7, 11) is 0. The zero-order chi connectivity index (χ0) is 22.7. The van der Waals surface area contributed by atoms with Gasteiger partial charge in [0, 0.05) is 6.54 Å². The van der Waals surface area contributed by atoms with Crippen molar-refractivity contribution in [1.82, 2.24) is 20.4 Å². The van der Waals surface area contributed by atoms with Gasteiger partial charge in [-0.15, -0.1) is 11.3 Å². The highest BCUT2D eigenvalue weighted by Crippen LogP contribution is 2.25. The highest BCUT2D eigenvalue weighted by Gasteiger charge is 2.28. The molecule has 3 heterocycles. The van der Waals surface area contributed by atoms with E-state index >= 15 is 0 Å². The van der Waals surface area contributed by atoms with Crippen LogP contribution in [0.3, 0.4) is 0 Å². The first-order chi connectivity index (χ1) is 15.3. The molecule has 7 heteroatoms. The number of carbonyl (C=O) groups excluding carboxylic acids is 1. The normalized spacial score (nSPS) is 18.4. The van der Waals surface area contributed by atoms with Crippen LogP contribution in [0.1, 0.15) is 63.6 Å². The lowest BCUT2D eigenvalue weighted by Crippen LogP contribution is -2.43. The van der Waals surface area contributed by atoms with Gasteiger partial charge in [-0.3, -0.25) is 9.69 Å². The Morgan fingerprint density at radius 3 is 2.75 bits per heavy atom. The maximum atomic E-state index is 13.0. The van der Waals surface area contributed by atoms with Gasteiger partial charge in [-0.2, -0.15) is 4.98 Å². The van der Waals surface area contributed by atoms with Gasteiger partial charge in [0.15, 0.2) is 0 Å². The third-order valence-electron chi connectivity index (χ3n) is 6.08. The summed E-state index contributed by atoms with van der Waals surface area (Å²) in [5.74, 6) is 1.32. The quantitative estimate of drug-likeness (QED) is 0.558. The lowest BCUT2D eigenvalue weighted by atomic mass is 9.86. The molecular weight excluding hydrogens is 420 g/mol. The van der Waals surface area contributed by atoms with Crippen LogP contribution in [0.25, 0.3) is 10.7 Å². The SMILES string of the molecule is CC(NC(=O)C1CCCN(Cc2nc(-c3cccs3)no2)C1)c1ccc(C(C)(C)C)cc1. The molecule has 1 amide bonds. The van der Waals surface area contributed by atoms with E-state index in [0.29, 0.717) is 24.8 Å². The molecule has 1 aliphatic rings. The standard InChI is InChI=1S/C25H32N4O2S/c1-17(18-9-11-20(12-10-18)25(2,3)4)26-24(30)19-7-5-13-29(15-19)16-22-27-23(28-31-22)21-8-6-14-32-21/h6,8-12,14,17,19H,5,7,13,15-16H2,1-4H3,(H,26,30). The molecule has 170 valence electrons. The topological polar surface area (TPSA) is 71.3 Å². The molecule has 1 N–H and O–H groups in total. The number of thiophene rings is 1. The predicted octanol–water partition coefficient (Wildman–Crippen LogP) is 5.19. The lowest BCUT2D eigenvalue weighted by Gasteiger charge is -2.31. The third kappa shape index (κ3) is 5.45. The molecule has 1 aromatic carbocycles. The number of hydrogen-bond donors (Lipinski definition) is 1. The smallest absolute Gasteiger partial charge is 0.241 e. The van der Waals surface area contributed by atoms with Gasteiger partial charge in [0.05, 0.1) is 23.4 Å². The summed E-state index contributed by atoms with van der Waals surface area (Å²) in [6.07, 6.45) is 1.89. The first-order valence-electron chi connectivity index (χ1n) is 11.3. The van der Waals surface area contributed by atoms with Gasteiger partial charge in [0.25, 0.3) is 0 Å². The number of hydrogen-bond acceptors (Lipinski definition) is 6. The summed E-state index contributed by atoms with van der Waals surface area (Å²) in [5, 5.41) is 9.31. The predicted molar refractivity (Wildman–Crippen MR) is 127 cm³/mol. The molecule has 32 heavy (non-hydrogen) atoms.